The first kappa shape index (κ1) is 23.1. The maximum absolute atomic E-state index is 12.6. The fraction of sp³-hybridized carbons (Fsp3) is 0.476. The molecule has 0 amide bonds. The Kier molecular flexibility index (Phi) is 7.60. The van der Waals surface area contributed by atoms with Crippen molar-refractivity contribution in [3.63, 3.8) is 0 Å². The molecule has 2 N–H and O–H groups in total. The summed E-state index contributed by atoms with van der Waals surface area (Å²) in [6.45, 7) is 6.82. The molecule has 3 aromatic rings. The van der Waals surface area contributed by atoms with E-state index in [9.17, 15) is 14.7 Å². The van der Waals surface area contributed by atoms with Crippen molar-refractivity contribution in [2.75, 3.05) is 20.3 Å². The highest BCUT2D eigenvalue weighted by atomic mass is 32.1. The molecule has 10 heteroatoms. The number of aromatic nitrogens is 2. The Hall–Kier alpha value is -2.53. The van der Waals surface area contributed by atoms with E-state index in [0.29, 0.717) is 45.3 Å². The molecule has 1 atom stereocenters. The number of aliphatic hydroxyl groups is 1. The number of carbonyl (C=O) groups excluding carboxylic acids is 1. The van der Waals surface area contributed by atoms with Gasteiger partial charge in [-0.15, -0.1) is 11.3 Å². The molecular weight excluding hydrogens is 422 g/mol. The molecule has 0 unspecified atom stereocenters. The van der Waals surface area contributed by atoms with Crippen LogP contribution in [0.25, 0.3) is 10.2 Å². The van der Waals surface area contributed by atoms with Gasteiger partial charge in [0.25, 0.3) is 5.56 Å². The van der Waals surface area contributed by atoms with Crippen LogP contribution in [0.1, 0.15) is 40.7 Å². The third kappa shape index (κ3) is 5.59. The zero-order chi connectivity index (χ0) is 22.5. The van der Waals surface area contributed by atoms with Gasteiger partial charge in [-0.3, -0.25) is 9.69 Å². The number of H-pyrrole nitrogens is 1. The van der Waals surface area contributed by atoms with Crippen molar-refractivity contribution in [2.24, 2.45) is 0 Å². The summed E-state index contributed by atoms with van der Waals surface area (Å²) >= 11 is 1.14. The zero-order valence-corrected chi connectivity index (χ0v) is 18.8. The van der Waals surface area contributed by atoms with Crippen molar-refractivity contribution in [3.8, 4) is 0 Å². The molecule has 0 radical (unpaired) electrons. The Labute approximate surface area is 183 Å². The maximum Gasteiger partial charge on any atom is 0.348 e. The largest absolute Gasteiger partial charge is 0.467 e. The summed E-state index contributed by atoms with van der Waals surface area (Å²) in [7, 11) is 1.30. The van der Waals surface area contributed by atoms with Crippen molar-refractivity contribution in [1.82, 2.24) is 14.9 Å². The molecule has 0 saturated carbocycles. The van der Waals surface area contributed by atoms with Gasteiger partial charge in [-0.2, -0.15) is 0 Å². The van der Waals surface area contributed by atoms with Crippen molar-refractivity contribution >= 4 is 27.5 Å². The maximum atomic E-state index is 12.6. The van der Waals surface area contributed by atoms with Gasteiger partial charge in [-0.05, 0) is 38.5 Å². The topological polar surface area (TPSA) is 118 Å². The van der Waals surface area contributed by atoms with Crippen LogP contribution in [0.4, 0.5) is 0 Å². The molecule has 9 nitrogen and oxygen atoms in total. The van der Waals surface area contributed by atoms with Crippen LogP contribution in [0.2, 0.25) is 0 Å². The number of thiophene rings is 1. The summed E-state index contributed by atoms with van der Waals surface area (Å²) in [6, 6.07) is 3.68. The lowest BCUT2D eigenvalue weighted by Crippen LogP contribution is -2.39. The van der Waals surface area contributed by atoms with Gasteiger partial charge in [0.2, 0.25) is 0 Å². The van der Waals surface area contributed by atoms with E-state index in [4.69, 9.17) is 13.9 Å². The predicted molar refractivity (Wildman–Crippen MR) is 116 cm³/mol. The second kappa shape index (κ2) is 10.2. The molecule has 0 aliphatic heterocycles. The van der Waals surface area contributed by atoms with Crippen LogP contribution in [-0.2, 0) is 22.6 Å². The number of ether oxygens (including phenoxy) is 2. The fourth-order valence-electron chi connectivity index (χ4n) is 3.21. The van der Waals surface area contributed by atoms with E-state index in [-0.39, 0.29) is 24.8 Å². The first-order valence-corrected chi connectivity index (χ1v) is 10.7. The first-order chi connectivity index (χ1) is 14.8. The Balaban J connectivity index is 1.70. The van der Waals surface area contributed by atoms with Gasteiger partial charge in [0.1, 0.15) is 27.9 Å². The third-order valence-corrected chi connectivity index (χ3v) is 6.05. The van der Waals surface area contributed by atoms with Crippen molar-refractivity contribution < 1.29 is 23.8 Å². The molecule has 0 aromatic carbocycles. The molecule has 3 rings (SSSR count). The summed E-state index contributed by atoms with van der Waals surface area (Å²) in [4.78, 5) is 34.8. The third-order valence-electron chi connectivity index (χ3n) is 4.88. The van der Waals surface area contributed by atoms with Crippen LogP contribution in [0.3, 0.4) is 0 Å². The molecule has 3 aromatic heterocycles. The average Bonchev–Trinajstić information content (AvgIpc) is 3.35. The van der Waals surface area contributed by atoms with Crippen LogP contribution in [0.15, 0.2) is 27.6 Å². The normalized spacial score (nSPS) is 12.7. The van der Waals surface area contributed by atoms with E-state index in [1.54, 1.807) is 19.3 Å². The predicted octanol–water partition coefficient (Wildman–Crippen LogP) is 2.46. The molecule has 0 aliphatic rings. The number of hydrogen-bond donors (Lipinski definition) is 2. The molecule has 0 fully saturated rings. The van der Waals surface area contributed by atoms with E-state index in [1.165, 1.54) is 7.11 Å². The number of nitrogens with zero attached hydrogens (tertiary/aromatic N) is 2. The van der Waals surface area contributed by atoms with Gasteiger partial charge in [-0.25, -0.2) is 9.78 Å². The SMILES string of the molecule is COC(=O)c1sc2nc(CN(C[C@H](O)COCc3ccco3)C(C)C)[nH]c(=O)c2c1C. The second-order valence-corrected chi connectivity index (χ2v) is 8.51. The molecule has 0 bridgehead atoms. The quantitative estimate of drug-likeness (QED) is 0.453. The lowest BCUT2D eigenvalue weighted by atomic mass is 10.2. The highest BCUT2D eigenvalue weighted by Crippen LogP contribution is 2.27. The molecule has 3 heterocycles. The lowest BCUT2D eigenvalue weighted by molar-refractivity contribution is -0.00158. The number of esters is 1. The molecule has 0 saturated heterocycles. The Bertz CT molecular complexity index is 1070. The standard InChI is InChI=1S/C21H27N3O6S/c1-12(2)24(8-14(25)10-29-11-15-6-5-7-30-15)9-16-22-19(26)17-13(3)18(21(27)28-4)31-20(17)23-16/h5-7,12,14,25H,8-11H2,1-4H3,(H,22,23,26)/t14-/m0/s1. The Morgan fingerprint density at radius 2 is 2.19 bits per heavy atom. The van der Waals surface area contributed by atoms with Gasteiger partial charge in [0.15, 0.2) is 0 Å². The number of rotatable bonds is 10. The van der Waals surface area contributed by atoms with Crippen LogP contribution in [0, 0.1) is 6.92 Å². The number of aliphatic hydroxyl groups excluding tert-OH is 1. The van der Waals surface area contributed by atoms with Gasteiger partial charge in [0, 0.05) is 12.6 Å². The number of fused-ring (bicyclic) bond motifs is 1. The number of methoxy groups -OCH3 is 1. The number of furan rings is 1. The van der Waals surface area contributed by atoms with Gasteiger partial charge >= 0.3 is 5.97 Å². The van der Waals surface area contributed by atoms with Crippen molar-refractivity contribution in [1.29, 1.82) is 0 Å². The summed E-state index contributed by atoms with van der Waals surface area (Å²) in [5.41, 5.74) is 0.270. The minimum atomic E-state index is -0.720. The highest BCUT2D eigenvalue weighted by Gasteiger charge is 2.21. The fourth-order valence-corrected chi connectivity index (χ4v) is 4.33. The highest BCUT2D eigenvalue weighted by molar-refractivity contribution is 7.20. The minimum Gasteiger partial charge on any atom is -0.467 e. The van der Waals surface area contributed by atoms with E-state index in [0.717, 1.165) is 11.3 Å². The summed E-state index contributed by atoms with van der Waals surface area (Å²) in [6.07, 6.45) is 0.853. The van der Waals surface area contributed by atoms with Crippen LogP contribution >= 0.6 is 11.3 Å². The smallest absolute Gasteiger partial charge is 0.348 e. The zero-order valence-electron chi connectivity index (χ0n) is 18.0. The van der Waals surface area contributed by atoms with Crippen molar-refractivity contribution in [2.45, 2.75) is 46.1 Å². The summed E-state index contributed by atoms with van der Waals surface area (Å²) in [5.74, 6) is 0.677. The van der Waals surface area contributed by atoms with Crippen molar-refractivity contribution in [3.05, 3.63) is 50.8 Å². The summed E-state index contributed by atoms with van der Waals surface area (Å²) < 4.78 is 15.5. The van der Waals surface area contributed by atoms with Crippen LogP contribution in [-0.4, -0.2) is 58.4 Å². The average molecular weight is 450 g/mol. The number of aryl methyl sites for hydroxylation is 1. The van der Waals surface area contributed by atoms with Gasteiger partial charge in [0.05, 0.1) is 38.0 Å². The van der Waals surface area contributed by atoms with E-state index < -0.39 is 12.1 Å². The second-order valence-electron chi connectivity index (χ2n) is 7.51. The molecule has 0 spiro atoms. The lowest BCUT2D eigenvalue weighted by Gasteiger charge is -2.28. The molecule has 168 valence electrons. The monoisotopic (exact) mass is 449 g/mol. The first-order valence-electron chi connectivity index (χ1n) is 9.93. The van der Waals surface area contributed by atoms with Crippen LogP contribution < -0.4 is 5.56 Å². The Morgan fingerprint density at radius 3 is 2.84 bits per heavy atom. The van der Waals surface area contributed by atoms with E-state index in [2.05, 4.69) is 9.97 Å². The van der Waals surface area contributed by atoms with Gasteiger partial charge < -0.3 is 24.0 Å². The number of hydrogen-bond acceptors (Lipinski definition) is 9. The Morgan fingerprint density at radius 1 is 1.42 bits per heavy atom. The molecular formula is C21H27N3O6S. The number of aromatic amines is 1. The summed E-state index contributed by atoms with van der Waals surface area (Å²) in [5, 5.41) is 10.8. The minimum absolute atomic E-state index is 0.0939. The number of carbonyl (C=O) groups is 1. The van der Waals surface area contributed by atoms with E-state index in [1.807, 2.05) is 24.8 Å². The van der Waals surface area contributed by atoms with E-state index >= 15 is 0 Å². The van der Waals surface area contributed by atoms with Gasteiger partial charge in [-0.1, -0.05) is 0 Å². The molecule has 0 aliphatic carbocycles. The molecule has 31 heavy (non-hydrogen) atoms. The van der Waals surface area contributed by atoms with Crippen LogP contribution in [0.5, 0.6) is 0 Å². The number of nitrogens with one attached hydrogen (secondary N) is 1.